The number of hydrogen-bond acceptors (Lipinski definition) is 8. The van der Waals surface area contributed by atoms with Gasteiger partial charge in [-0.15, -0.1) is 10.2 Å². The summed E-state index contributed by atoms with van der Waals surface area (Å²) in [5.41, 5.74) is 2.17. The Kier molecular flexibility index (Phi) is 4.14. The zero-order valence-corrected chi connectivity index (χ0v) is 15.2. The van der Waals surface area contributed by atoms with E-state index in [0.29, 0.717) is 22.1 Å². The first kappa shape index (κ1) is 17.5. The Morgan fingerprint density at radius 2 is 1.00 bits per heavy atom. The molecule has 30 heavy (non-hydrogen) atoms. The standard InChI is InChI=1S/C20H12N6O4/c27-19(29-25-17-11-5-3-9-15(17)21-23-25)13-7-1-2-8-14(13)20(28)30-26-18-12-6-4-10-16(18)22-24-26/h1-12H. The Hall–Kier alpha value is -4.60. The average Bonchev–Trinajstić information content (AvgIpc) is 3.38. The second-order valence-electron chi connectivity index (χ2n) is 6.21. The van der Waals surface area contributed by atoms with Crippen molar-refractivity contribution in [2.75, 3.05) is 0 Å². The van der Waals surface area contributed by atoms with Crippen molar-refractivity contribution in [3.8, 4) is 0 Å². The fraction of sp³-hybridized carbons (Fsp3) is 0. The van der Waals surface area contributed by atoms with E-state index in [1.54, 1.807) is 60.7 Å². The molecule has 2 heterocycles. The van der Waals surface area contributed by atoms with E-state index < -0.39 is 11.9 Å². The Morgan fingerprint density at radius 1 is 0.600 bits per heavy atom. The van der Waals surface area contributed by atoms with Crippen LogP contribution in [0, 0.1) is 0 Å². The van der Waals surface area contributed by atoms with E-state index in [1.807, 2.05) is 0 Å². The number of nitrogens with zero attached hydrogens (tertiary/aromatic N) is 6. The Labute approximate surface area is 168 Å². The van der Waals surface area contributed by atoms with Crippen molar-refractivity contribution in [3.05, 3.63) is 83.9 Å². The molecule has 0 bridgehead atoms. The molecule has 0 amide bonds. The maximum Gasteiger partial charge on any atom is 0.366 e. The molecule has 0 saturated heterocycles. The Bertz CT molecular complexity index is 1300. The predicted octanol–water partition coefficient (Wildman–Crippen LogP) is 1.71. The largest absolute Gasteiger partial charge is 0.366 e. The number of rotatable bonds is 4. The van der Waals surface area contributed by atoms with E-state index in [4.69, 9.17) is 9.68 Å². The number of para-hydroxylation sites is 2. The third-order valence-electron chi connectivity index (χ3n) is 4.35. The van der Waals surface area contributed by atoms with Crippen LogP contribution in [0.15, 0.2) is 72.8 Å². The highest BCUT2D eigenvalue weighted by Crippen LogP contribution is 2.14. The van der Waals surface area contributed by atoms with E-state index in [2.05, 4.69) is 20.6 Å². The minimum atomic E-state index is -0.790. The van der Waals surface area contributed by atoms with E-state index >= 15 is 0 Å². The van der Waals surface area contributed by atoms with Gasteiger partial charge in [0.05, 0.1) is 11.1 Å². The van der Waals surface area contributed by atoms with E-state index in [1.165, 1.54) is 12.1 Å². The summed E-state index contributed by atoms with van der Waals surface area (Å²) in [6.45, 7) is 0. The van der Waals surface area contributed by atoms with Crippen molar-refractivity contribution in [1.29, 1.82) is 0 Å². The van der Waals surface area contributed by atoms with E-state index in [-0.39, 0.29) is 11.1 Å². The number of carbonyl (C=O) groups is 2. The number of fused-ring (bicyclic) bond motifs is 2. The lowest BCUT2D eigenvalue weighted by molar-refractivity contribution is 0.0362. The molecule has 0 unspecified atom stereocenters. The topological polar surface area (TPSA) is 114 Å². The fourth-order valence-corrected chi connectivity index (χ4v) is 2.92. The molecule has 10 nitrogen and oxygen atoms in total. The van der Waals surface area contributed by atoms with Crippen LogP contribution in [0.5, 0.6) is 0 Å². The molecular formula is C20H12N6O4. The summed E-state index contributed by atoms with van der Waals surface area (Å²) in [7, 11) is 0. The summed E-state index contributed by atoms with van der Waals surface area (Å²) in [6.07, 6.45) is 0. The normalized spacial score (nSPS) is 10.9. The Morgan fingerprint density at radius 3 is 1.47 bits per heavy atom. The molecule has 0 atom stereocenters. The van der Waals surface area contributed by atoms with Gasteiger partial charge in [0.15, 0.2) is 0 Å². The smallest absolute Gasteiger partial charge is 0.312 e. The highest BCUT2D eigenvalue weighted by Gasteiger charge is 2.22. The molecule has 0 saturated carbocycles. The molecule has 5 rings (SSSR count). The van der Waals surface area contributed by atoms with Crippen molar-refractivity contribution < 1.29 is 19.3 Å². The zero-order chi connectivity index (χ0) is 20.5. The van der Waals surface area contributed by atoms with Crippen LogP contribution >= 0.6 is 0 Å². The molecule has 146 valence electrons. The predicted molar refractivity (Wildman–Crippen MR) is 103 cm³/mol. The van der Waals surface area contributed by atoms with Gasteiger partial charge in [-0.3, -0.25) is 0 Å². The SMILES string of the molecule is O=C(On1nnc2ccccc21)c1ccccc1C(=O)On1nnc2ccccc21. The second kappa shape index (κ2) is 7.09. The first-order valence-corrected chi connectivity index (χ1v) is 8.86. The number of hydrogen-bond donors (Lipinski definition) is 0. The maximum absolute atomic E-state index is 12.7. The zero-order valence-electron chi connectivity index (χ0n) is 15.2. The first-order valence-electron chi connectivity index (χ1n) is 8.86. The van der Waals surface area contributed by atoms with Crippen molar-refractivity contribution in [2.45, 2.75) is 0 Å². The van der Waals surface area contributed by atoms with Crippen LogP contribution in [0.2, 0.25) is 0 Å². The molecule has 0 N–H and O–H groups in total. The third-order valence-corrected chi connectivity index (χ3v) is 4.35. The summed E-state index contributed by atoms with van der Waals surface area (Å²) in [5, 5.41) is 15.5. The van der Waals surface area contributed by atoms with Crippen LogP contribution in [-0.2, 0) is 0 Å². The highest BCUT2D eigenvalue weighted by molar-refractivity contribution is 6.03. The minimum absolute atomic E-state index is 0.00602. The van der Waals surface area contributed by atoms with Crippen molar-refractivity contribution in [1.82, 2.24) is 30.3 Å². The van der Waals surface area contributed by atoms with E-state index in [0.717, 1.165) is 9.69 Å². The monoisotopic (exact) mass is 400 g/mol. The van der Waals surface area contributed by atoms with Crippen LogP contribution in [0.25, 0.3) is 22.1 Å². The minimum Gasteiger partial charge on any atom is -0.312 e. The number of aromatic nitrogens is 6. The lowest BCUT2D eigenvalue weighted by atomic mass is 10.1. The molecule has 5 aromatic rings. The Balaban J connectivity index is 1.43. The van der Waals surface area contributed by atoms with Gasteiger partial charge in [0, 0.05) is 0 Å². The van der Waals surface area contributed by atoms with Gasteiger partial charge >= 0.3 is 11.9 Å². The first-order chi connectivity index (χ1) is 14.7. The van der Waals surface area contributed by atoms with Gasteiger partial charge < -0.3 is 9.68 Å². The quantitative estimate of drug-likeness (QED) is 0.419. The molecule has 0 aliphatic heterocycles. The van der Waals surface area contributed by atoms with Crippen LogP contribution in [0.1, 0.15) is 20.7 Å². The summed E-state index contributed by atoms with van der Waals surface area (Å²) in [4.78, 5) is 38.1. The van der Waals surface area contributed by atoms with Gasteiger partial charge in [-0.25, -0.2) is 9.59 Å². The fourth-order valence-electron chi connectivity index (χ4n) is 2.92. The van der Waals surface area contributed by atoms with Gasteiger partial charge in [0.1, 0.15) is 22.1 Å². The molecule has 0 aliphatic rings. The number of carbonyl (C=O) groups excluding carboxylic acids is 2. The molecule has 0 spiro atoms. The van der Waals surface area contributed by atoms with Crippen LogP contribution in [-0.4, -0.2) is 42.3 Å². The average molecular weight is 400 g/mol. The van der Waals surface area contributed by atoms with Gasteiger partial charge in [-0.2, -0.15) is 0 Å². The maximum atomic E-state index is 12.7. The van der Waals surface area contributed by atoms with Gasteiger partial charge in [-0.1, -0.05) is 46.1 Å². The summed E-state index contributed by atoms with van der Waals surface area (Å²) in [5.74, 6) is -1.58. The molecule has 3 aromatic carbocycles. The molecule has 0 fully saturated rings. The molecule has 0 radical (unpaired) electrons. The van der Waals surface area contributed by atoms with Crippen molar-refractivity contribution in [3.63, 3.8) is 0 Å². The van der Waals surface area contributed by atoms with Crippen molar-refractivity contribution in [2.24, 2.45) is 0 Å². The van der Waals surface area contributed by atoms with Crippen LogP contribution in [0.3, 0.4) is 0 Å². The van der Waals surface area contributed by atoms with Crippen LogP contribution in [0.4, 0.5) is 0 Å². The van der Waals surface area contributed by atoms with Gasteiger partial charge in [-0.05, 0) is 46.8 Å². The number of benzene rings is 3. The third kappa shape index (κ3) is 3.02. The summed E-state index contributed by atoms with van der Waals surface area (Å²) < 4.78 is 0. The highest BCUT2D eigenvalue weighted by atomic mass is 16.7. The van der Waals surface area contributed by atoms with Gasteiger partial charge in [0.25, 0.3) is 0 Å². The van der Waals surface area contributed by atoms with E-state index in [9.17, 15) is 9.59 Å². The van der Waals surface area contributed by atoms with Crippen molar-refractivity contribution >= 4 is 34.0 Å². The molecule has 10 heteroatoms. The molecule has 2 aromatic heterocycles. The summed E-state index contributed by atoms with van der Waals surface area (Å²) in [6, 6.07) is 20.1. The second-order valence-corrected chi connectivity index (χ2v) is 6.21. The summed E-state index contributed by atoms with van der Waals surface area (Å²) >= 11 is 0. The van der Waals surface area contributed by atoms with Gasteiger partial charge in [0.2, 0.25) is 0 Å². The van der Waals surface area contributed by atoms with Crippen LogP contribution < -0.4 is 9.68 Å². The lowest BCUT2D eigenvalue weighted by Gasteiger charge is -2.08. The molecule has 0 aliphatic carbocycles. The molecular weight excluding hydrogens is 388 g/mol. The lowest BCUT2D eigenvalue weighted by Crippen LogP contribution is -2.26.